The number of fused-ring (bicyclic) bond motifs is 12. The van der Waals surface area contributed by atoms with Gasteiger partial charge in [-0.15, -0.1) is 0 Å². The standard InChI is InChI=1S/C24H14N4/c1-2-4-16-14(3-1)11-15-5-6-18-23(22(15)16)17-7-9-26-13-21(17)28-20-8-10-25-12-19(20)27-24(18)28/h1-10,12-13H,11H2. The summed E-state index contributed by atoms with van der Waals surface area (Å²) in [5.41, 5.74) is 9.47. The lowest BCUT2D eigenvalue weighted by Gasteiger charge is -2.13. The molecule has 1 aliphatic rings. The molecule has 1 aliphatic carbocycles. The van der Waals surface area contributed by atoms with Crippen molar-refractivity contribution < 1.29 is 0 Å². The Kier molecular flexibility index (Phi) is 2.51. The van der Waals surface area contributed by atoms with Crippen LogP contribution in [-0.4, -0.2) is 19.4 Å². The van der Waals surface area contributed by atoms with Crippen molar-refractivity contribution in [2.75, 3.05) is 0 Å². The second-order valence-corrected chi connectivity index (χ2v) is 7.38. The Balaban J connectivity index is 1.82. The predicted molar refractivity (Wildman–Crippen MR) is 112 cm³/mol. The molecule has 0 fully saturated rings. The van der Waals surface area contributed by atoms with Gasteiger partial charge in [-0.3, -0.25) is 14.4 Å². The number of rotatable bonds is 0. The van der Waals surface area contributed by atoms with E-state index in [-0.39, 0.29) is 0 Å². The van der Waals surface area contributed by atoms with E-state index in [0.717, 1.165) is 28.6 Å². The monoisotopic (exact) mass is 358 g/mol. The summed E-state index contributed by atoms with van der Waals surface area (Å²) in [7, 11) is 0. The lowest BCUT2D eigenvalue weighted by Crippen LogP contribution is -1.94. The van der Waals surface area contributed by atoms with Crippen molar-refractivity contribution in [3.05, 3.63) is 84.4 Å². The van der Waals surface area contributed by atoms with Gasteiger partial charge in [-0.05, 0) is 40.8 Å². The zero-order chi connectivity index (χ0) is 18.2. The second kappa shape index (κ2) is 4.93. The summed E-state index contributed by atoms with van der Waals surface area (Å²) in [6, 6.07) is 17.4. The van der Waals surface area contributed by atoms with Crippen LogP contribution in [0.2, 0.25) is 0 Å². The van der Waals surface area contributed by atoms with Crippen LogP contribution in [0, 0.1) is 0 Å². The minimum absolute atomic E-state index is 0.904. The molecule has 0 amide bonds. The summed E-state index contributed by atoms with van der Waals surface area (Å²) >= 11 is 0. The molecular weight excluding hydrogens is 344 g/mol. The lowest BCUT2D eigenvalue weighted by molar-refractivity contribution is 1.26. The Bertz CT molecular complexity index is 1590. The first-order valence-electron chi connectivity index (χ1n) is 9.42. The van der Waals surface area contributed by atoms with Gasteiger partial charge in [0.25, 0.3) is 0 Å². The van der Waals surface area contributed by atoms with Crippen LogP contribution in [0.25, 0.3) is 49.5 Å². The Morgan fingerprint density at radius 3 is 2.64 bits per heavy atom. The molecule has 0 unspecified atom stereocenters. The number of aromatic nitrogens is 4. The Morgan fingerprint density at radius 2 is 1.64 bits per heavy atom. The molecule has 0 saturated heterocycles. The maximum Gasteiger partial charge on any atom is 0.146 e. The van der Waals surface area contributed by atoms with Crippen LogP contribution in [-0.2, 0) is 6.42 Å². The molecule has 6 aromatic rings. The van der Waals surface area contributed by atoms with Crippen molar-refractivity contribution in [2.24, 2.45) is 0 Å². The van der Waals surface area contributed by atoms with Crippen LogP contribution in [0.5, 0.6) is 0 Å². The minimum Gasteiger partial charge on any atom is -0.290 e. The van der Waals surface area contributed by atoms with Gasteiger partial charge in [-0.1, -0.05) is 36.4 Å². The molecule has 4 heteroatoms. The third-order valence-electron chi connectivity index (χ3n) is 5.97. The Morgan fingerprint density at radius 1 is 0.750 bits per heavy atom. The average Bonchev–Trinajstić information content (AvgIpc) is 3.32. The van der Waals surface area contributed by atoms with E-state index >= 15 is 0 Å². The highest BCUT2D eigenvalue weighted by Crippen LogP contribution is 2.44. The fourth-order valence-electron chi connectivity index (χ4n) is 4.82. The normalized spacial score (nSPS) is 12.9. The van der Waals surface area contributed by atoms with Gasteiger partial charge in [0.15, 0.2) is 0 Å². The Labute approximate surface area is 160 Å². The maximum atomic E-state index is 4.95. The van der Waals surface area contributed by atoms with Gasteiger partial charge in [-0.2, -0.15) is 0 Å². The van der Waals surface area contributed by atoms with Crippen molar-refractivity contribution in [2.45, 2.75) is 6.42 Å². The highest BCUT2D eigenvalue weighted by Gasteiger charge is 2.24. The zero-order valence-corrected chi connectivity index (χ0v) is 14.9. The molecule has 28 heavy (non-hydrogen) atoms. The van der Waals surface area contributed by atoms with Gasteiger partial charge < -0.3 is 0 Å². The zero-order valence-electron chi connectivity index (χ0n) is 14.9. The van der Waals surface area contributed by atoms with Crippen molar-refractivity contribution in [1.29, 1.82) is 0 Å². The van der Waals surface area contributed by atoms with Crippen LogP contribution < -0.4 is 0 Å². The molecule has 0 atom stereocenters. The van der Waals surface area contributed by atoms with Crippen LogP contribution in [0.3, 0.4) is 0 Å². The van der Waals surface area contributed by atoms with Gasteiger partial charge >= 0.3 is 0 Å². The number of benzene rings is 2. The summed E-state index contributed by atoms with van der Waals surface area (Å²) in [5, 5.41) is 3.66. The lowest BCUT2D eigenvalue weighted by atomic mass is 9.96. The van der Waals surface area contributed by atoms with Gasteiger partial charge in [0.05, 0.1) is 23.4 Å². The van der Waals surface area contributed by atoms with E-state index in [4.69, 9.17) is 4.98 Å². The third kappa shape index (κ3) is 1.63. The van der Waals surface area contributed by atoms with E-state index < -0.39 is 0 Å². The quantitative estimate of drug-likeness (QED) is 0.352. The summed E-state index contributed by atoms with van der Waals surface area (Å²) in [4.78, 5) is 13.6. The van der Waals surface area contributed by atoms with Crippen LogP contribution >= 0.6 is 0 Å². The van der Waals surface area contributed by atoms with E-state index in [0.29, 0.717) is 0 Å². The van der Waals surface area contributed by atoms with Crippen molar-refractivity contribution in [1.82, 2.24) is 19.4 Å². The number of nitrogens with zero attached hydrogens (tertiary/aromatic N) is 4. The molecule has 4 nitrogen and oxygen atoms in total. The first-order chi connectivity index (χ1) is 13.9. The summed E-state index contributed by atoms with van der Waals surface area (Å²) in [6.45, 7) is 0. The molecule has 0 N–H and O–H groups in total. The number of hydrogen-bond donors (Lipinski definition) is 0. The smallest absolute Gasteiger partial charge is 0.146 e. The second-order valence-electron chi connectivity index (χ2n) is 7.38. The summed E-state index contributed by atoms with van der Waals surface area (Å²) in [5.74, 6) is 0. The van der Waals surface area contributed by atoms with Gasteiger partial charge in [-0.25, -0.2) is 4.98 Å². The van der Waals surface area contributed by atoms with E-state index in [1.165, 1.54) is 38.4 Å². The maximum absolute atomic E-state index is 4.95. The van der Waals surface area contributed by atoms with Crippen LogP contribution in [0.4, 0.5) is 0 Å². The van der Waals surface area contributed by atoms with E-state index in [9.17, 15) is 0 Å². The molecule has 7 rings (SSSR count). The topological polar surface area (TPSA) is 43.1 Å². The van der Waals surface area contributed by atoms with E-state index in [1.807, 2.05) is 30.9 Å². The largest absolute Gasteiger partial charge is 0.290 e. The first-order valence-corrected chi connectivity index (χ1v) is 9.42. The molecule has 0 aliphatic heterocycles. The highest BCUT2D eigenvalue weighted by atomic mass is 15.0. The van der Waals surface area contributed by atoms with Crippen LogP contribution in [0.15, 0.2) is 73.3 Å². The summed E-state index contributed by atoms with van der Waals surface area (Å²) < 4.78 is 2.22. The molecule has 0 radical (unpaired) electrons. The van der Waals surface area contributed by atoms with Crippen molar-refractivity contribution in [3.63, 3.8) is 0 Å². The molecular formula is C24H14N4. The number of pyridine rings is 3. The minimum atomic E-state index is 0.904. The molecule has 130 valence electrons. The molecule has 0 saturated carbocycles. The Hall–Kier alpha value is -3.79. The first kappa shape index (κ1) is 14.3. The number of hydrogen-bond acceptors (Lipinski definition) is 3. The fourth-order valence-corrected chi connectivity index (χ4v) is 4.82. The molecule has 4 aromatic heterocycles. The fraction of sp³-hybridized carbons (Fsp3) is 0.0417. The van der Waals surface area contributed by atoms with Gasteiger partial charge in [0.1, 0.15) is 11.2 Å². The third-order valence-corrected chi connectivity index (χ3v) is 5.97. The average molecular weight is 358 g/mol. The van der Waals surface area contributed by atoms with E-state index in [2.05, 4.69) is 56.8 Å². The van der Waals surface area contributed by atoms with Crippen LogP contribution in [0.1, 0.15) is 11.1 Å². The SMILES string of the molecule is c1ccc2c(c1)Cc1ccc3c(c1-2)c1ccncc1n1c2ccncc2nc31. The highest BCUT2D eigenvalue weighted by molar-refractivity contribution is 6.20. The van der Waals surface area contributed by atoms with Gasteiger partial charge in [0.2, 0.25) is 0 Å². The summed E-state index contributed by atoms with van der Waals surface area (Å²) in [6.07, 6.45) is 8.47. The number of imidazole rings is 1. The molecule has 0 bridgehead atoms. The molecule has 2 aromatic carbocycles. The molecule has 0 spiro atoms. The van der Waals surface area contributed by atoms with Crippen molar-refractivity contribution >= 4 is 38.4 Å². The molecule has 4 heterocycles. The predicted octanol–water partition coefficient (Wildman–Crippen LogP) is 5.16. The van der Waals surface area contributed by atoms with Gasteiger partial charge in [0, 0.05) is 28.6 Å². The van der Waals surface area contributed by atoms with E-state index in [1.54, 1.807) is 0 Å². The van der Waals surface area contributed by atoms with Crippen molar-refractivity contribution in [3.8, 4) is 11.1 Å².